The SMILES string of the molecule is CS(=O)(=O)c1ccc(C(=O)C(C(=O)C2CC2)N2C(=O)c3ccccc3S2(O)O)c(Cl)c1. The molecule has 2 N–H and O–H groups in total. The van der Waals surface area contributed by atoms with Crippen LogP contribution in [0.5, 0.6) is 0 Å². The predicted molar refractivity (Wildman–Crippen MR) is 114 cm³/mol. The van der Waals surface area contributed by atoms with Gasteiger partial charge in [0, 0.05) is 17.7 Å². The van der Waals surface area contributed by atoms with Gasteiger partial charge in [-0.25, -0.2) is 12.7 Å². The summed E-state index contributed by atoms with van der Waals surface area (Å²) in [4.78, 5) is 39.3. The summed E-state index contributed by atoms with van der Waals surface area (Å²) in [6, 6.07) is 7.43. The molecule has 31 heavy (non-hydrogen) atoms. The first-order valence-electron chi connectivity index (χ1n) is 9.23. The molecule has 1 aliphatic heterocycles. The zero-order valence-electron chi connectivity index (χ0n) is 16.2. The first-order valence-corrected chi connectivity index (χ1v) is 13.0. The van der Waals surface area contributed by atoms with Crippen LogP contribution in [0, 0.1) is 5.92 Å². The van der Waals surface area contributed by atoms with Gasteiger partial charge in [0.25, 0.3) is 5.91 Å². The minimum absolute atomic E-state index is 0.00224. The average Bonchev–Trinajstić information content (AvgIpc) is 3.52. The van der Waals surface area contributed by atoms with Crippen molar-refractivity contribution in [3.05, 3.63) is 58.6 Å². The van der Waals surface area contributed by atoms with Crippen molar-refractivity contribution in [3.63, 3.8) is 0 Å². The zero-order chi connectivity index (χ0) is 22.7. The van der Waals surface area contributed by atoms with E-state index in [1.807, 2.05) is 0 Å². The van der Waals surface area contributed by atoms with Crippen LogP contribution < -0.4 is 0 Å². The monoisotopic (exact) mass is 483 g/mol. The van der Waals surface area contributed by atoms with E-state index in [0.717, 1.165) is 18.4 Å². The third-order valence-electron chi connectivity index (χ3n) is 5.25. The second-order valence-corrected chi connectivity index (χ2v) is 11.8. The number of fused-ring (bicyclic) bond motifs is 1. The van der Waals surface area contributed by atoms with Gasteiger partial charge in [0.15, 0.2) is 27.4 Å². The lowest BCUT2D eigenvalue weighted by Crippen LogP contribution is -2.49. The normalized spacial score (nSPS) is 19.6. The van der Waals surface area contributed by atoms with Crippen LogP contribution in [0.25, 0.3) is 0 Å². The minimum Gasteiger partial charge on any atom is -0.296 e. The Kier molecular flexibility index (Phi) is 5.26. The Morgan fingerprint density at radius 3 is 2.35 bits per heavy atom. The zero-order valence-corrected chi connectivity index (χ0v) is 18.6. The Labute approximate surface area is 185 Å². The second kappa shape index (κ2) is 7.42. The smallest absolute Gasteiger partial charge is 0.275 e. The van der Waals surface area contributed by atoms with E-state index >= 15 is 0 Å². The highest BCUT2D eigenvalue weighted by molar-refractivity contribution is 8.23. The molecule has 164 valence electrons. The highest BCUT2D eigenvalue weighted by Gasteiger charge is 2.52. The van der Waals surface area contributed by atoms with Crippen molar-refractivity contribution in [3.8, 4) is 0 Å². The molecule has 0 radical (unpaired) electrons. The molecule has 11 heteroatoms. The summed E-state index contributed by atoms with van der Waals surface area (Å²) >= 11 is 6.16. The number of rotatable bonds is 6. The summed E-state index contributed by atoms with van der Waals surface area (Å²) in [5.41, 5.74) is -0.186. The molecule has 1 heterocycles. The predicted octanol–water partition coefficient (Wildman–Crippen LogP) is 3.45. The molecule has 1 atom stereocenters. The van der Waals surface area contributed by atoms with Gasteiger partial charge >= 0.3 is 0 Å². The van der Waals surface area contributed by atoms with Gasteiger partial charge in [0.05, 0.1) is 20.4 Å². The third-order valence-corrected chi connectivity index (χ3v) is 8.55. The second-order valence-electron chi connectivity index (χ2n) is 7.50. The number of hydrogen-bond donors (Lipinski definition) is 2. The number of benzene rings is 2. The van der Waals surface area contributed by atoms with Crippen LogP contribution >= 0.6 is 22.4 Å². The number of hydrogen-bond acceptors (Lipinski definition) is 7. The molecular weight excluding hydrogens is 466 g/mol. The van der Waals surface area contributed by atoms with E-state index in [4.69, 9.17) is 11.6 Å². The van der Waals surface area contributed by atoms with Gasteiger partial charge in [-0.15, -0.1) is 0 Å². The molecule has 2 aliphatic rings. The number of halogens is 1. The van der Waals surface area contributed by atoms with Crippen molar-refractivity contribution in [1.82, 2.24) is 4.31 Å². The maximum atomic E-state index is 13.4. The Morgan fingerprint density at radius 2 is 1.81 bits per heavy atom. The lowest BCUT2D eigenvalue weighted by Gasteiger charge is -2.40. The van der Waals surface area contributed by atoms with Gasteiger partial charge in [0.1, 0.15) is 0 Å². The summed E-state index contributed by atoms with van der Waals surface area (Å²) in [6.45, 7) is 0. The number of carbonyl (C=O) groups excluding carboxylic acids is 3. The van der Waals surface area contributed by atoms with E-state index in [0.29, 0.717) is 17.1 Å². The lowest BCUT2D eigenvalue weighted by atomic mass is 9.97. The Hall–Kier alpha value is -2.24. The summed E-state index contributed by atoms with van der Waals surface area (Å²) in [6.07, 6.45) is 2.03. The molecule has 2 aromatic rings. The number of carbonyl (C=O) groups is 3. The fourth-order valence-electron chi connectivity index (χ4n) is 3.50. The van der Waals surface area contributed by atoms with Gasteiger partial charge < -0.3 is 0 Å². The van der Waals surface area contributed by atoms with Gasteiger partial charge in [-0.1, -0.05) is 34.5 Å². The molecule has 0 spiro atoms. The van der Waals surface area contributed by atoms with Gasteiger partial charge in [-0.05, 0) is 43.2 Å². The number of Topliss-reactive ketones (excluding diaryl/α,β-unsaturated/α-hetero) is 2. The highest BCUT2D eigenvalue weighted by Crippen LogP contribution is 2.60. The topological polar surface area (TPSA) is 129 Å². The molecule has 1 saturated carbocycles. The van der Waals surface area contributed by atoms with E-state index in [9.17, 15) is 31.9 Å². The number of ketones is 2. The van der Waals surface area contributed by atoms with Gasteiger partial charge in [-0.3, -0.25) is 23.5 Å². The average molecular weight is 484 g/mol. The van der Waals surface area contributed by atoms with Crippen LogP contribution in [-0.2, 0) is 14.6 Å². The Bertz CT molecular complexity index is 1240. The molecule has 1 fully saturated rings. The maximum Gasteiger partial charge on any atom is 0.275 e. The Morgan fingerprint density at radius 1 is 1.16 bits per heavy atom. The highest BCUT2D eigenvalue weighted by atomic mass is 35.5. The van der Waals surface area contributed by atoms with Crippen LogP contribution in [0.3, 0.4) is 0 Å². The van der Waals surface area contributed by atoms with Crippen molar-refractivity contribution in [2.75, 3.05) is 6.26 Å². The van der Waals surface area contributed by atoms with E-state index in [1.54, 1.807) is 0 Å². The molecule has 1 aliphatic carbocycles. The van der Waals surface area contributed by atoms with Crippen molar-refractivity contribution in [2.24, 2.45) is 5.92 Å². The van der Waals surface area contributed by atoms with Crippen molar-refractivity contribution in [2.45, 2.75) is 28.7 Å². The number of sulfone groups is 1. The maximum absolute atomic E-state index is 13.4. The van der Waals surface area contributed by atoms with E-state index < -0.39 is 50.0 Å². The summed E-state index contributed by atoms with van der Waals surface area (Å²) in [7, 11) is -7.53. The molecular formula is C20H18ClNO7S2. The molecule has 2 aromatic carbocycles. The van der Waals surface area contributed by atoms with Crippen LogP contribution in [0.15, 0.2) is 52.3 Å². The van der Waals surface area contributed by atoms with Crippen molar-refractivity contribution >= 4 is 49.7 Å². The van der Waals surface area contributed by atoms with Crippen molar-refractivity contribution < 1.29 is 31.9 Å². The quantitative estimate of drug-likeness (QED) is 0.475. The van der Waals surface area contributed by atoms with Crippen LogP contribution in [0.2, 0.25) is 5.02 Å². The number of nitrogens with zero attached hydrogens (tertiary/aromatic N) is 1. The van der Waals surface area contributed by atoms with Gasteiger partial charge in [0.2, 0.25) is 0 Å². The molecule has 0 saturated heterocycles. The molecule has 0 aromatic heterocycles. The van der Waals surface area contributed by atoms with E-state index in [1.165, 1.54) is 30.3 Å². The van der Waals surface area contributed by atoms with Crippen molar-refractivity contribution in [1.29, 1.82) is 0 Å². The first-order chi connectivity index (χ1) is 14.4. The molecule has 0 bridgehead atoms. The molecule has 4 rings (SSSR count). The molecule has 1 unspecified atom stereocenters. The van der Waals surface area contributed by atoms with Crippen LogP contribution in [0.1, 0.15) is 33.6 Å². The third kappa shape index (κ3) is 3.68. The first kappa shape index (κ1) is 22.0. The van der Waals surface area contributed by atoms with E-state index in [2.05, 4.69) is 0 Å². The summed E-state index contributed by atoms with van der Waals surface area (Å²) in [5, 5.41) is -0.220. The van der Waals surface area contributed by atoms with Crippen LogP contribution in [0.4, 0.5) is 0 Å². The fourth-order valence-corrected chi connectivity index (χ4v) is 6.23. The van der Waals surface area contributed by atoms with Gasteiger partial charge in [-0.2, -0.15) is 0 Å². The summed E-state index contributed by atoms with van der Waals surface area (Å²) < 4.78 is 45.8. The number of amides is 1. The Balaban J connectivity index is 1.81. The summed E-state index contributed by atoms with van der Waals surface area (Å²) in [5.74, 6) is -2.82. The molecule has 8 nitrogen and oxygen atoms in total. The largest absolute Gasteiger partial charge is 0.296 e. The van der Waals surface area contributed by atoms with E-state index in [-0.39, 0.29) is 25.9 Å². The minimum atomic E-state index is -3.94. The lowest BCUT2D eigenvalue weighted by molar-refractivity contribution is -0.122. The molecule has 1 amide bonds. The standard InChI is InChI=1S/C20H18ClNO7S2/c1-30(26,27)12-8-9-13(15(21)10-12)19(24)17(18(23)11-6-7-11)22-20(25)14-4-2-3-5-16(14)31(22,28)29/h2-5,8-11,17,28-29H,6-7H2,1H3. The fraction of sp³-hybridized carbons (Fsp3) is 0.250. The van der Waals surface area contributed by atoms with Crippen LogP contribution in [-0.4, -0.2) is 51.6 Å².